The number of anilines is 3. The topological polar surface area (TPSA) is 67.2 Å². The molecule has 0 aliphatic heterocycles. The molecule has 104 valence electrons. The van der Waals surface area contributed by atoms with Crippen molar-refractivity contribution in [3.63, 3.8) is 0 Å². The van der Waals surface area contributed by atoms with Gasteiger partial charge in [0.15, 0.2) is 0 Å². The normalized spacial score (nSPS) is 10.2. The Labute approximate surface area is 121 Å². The molecule has 0 unspecified atom stereocenters. The molecular weight excluding hydrogens is 278 g/mol. The average molecular weight is 292 g/mol. The van der Waals surface area contributed by atoms with Gasteiger partial charge in [0.05, 0.1) is 4.92 Å². The number of aryl methyl sites for hydroxylation is 1. The highest BCUT2D eigenvalue weighted by Gasteiger charge is 2.18. The molecule has 0 aromatic heterocycles. The second-order valence-electron chi connectivity index (χ2n) is 4.30. The Hall–Kier alpha value is -2.27. The number of nitro groups is 1. The van der Waals surface area contributed by atoms with Crippen molar-refractivity contribution < 1.29 is 4.92 Å². The quantitative estimate of drug-likeness (QED) is 0.649. The maximum Gasteiger partial charge on any atom is 0.315 e. The number of rotatable bonds is 4. The van der Waals surface area contributed by atoms with Crippen LogP contribution in [0.25, 0.3) is 0 Å². The van der Waals surface area contributed by atoms with E-state index in [0.29, 0.717) is 22.1 Å². The second-order valence-corrected chi connectivity index (χ2v) is 4.71. The van der Waals surface area contributed by atoms with Crippen LogP contribution in [0.5, 0.6) is 0 Å². The van der Waals surface area contributed by atoms with Crippen LogP contribution >= 0.6 is 11.6 Å². The van der Waals surface area contributed by atoms with E-state index < -0.39 is 4.92 Å². The average Bonchev–Trinajstić information content (AvgIpc) is 2.42. The Kier molecular flexibility index (Phi) is 4.10. The van der Waals surface area contributed by atoms with Crippen LogP contribution in [0.2, 0.25) is 5.02 Å². The molecule has 2 aromatic rings. The third-order valence-corrected chi connectivity index (χ3v) is 3.35. The van der Waals surface area contributed by atoms with Crippen LogP contribution in [0, 0.1) is 17.0 Å². The number of para-hydroxylation sites is 1. The summed E-state index contributed by atoms with van der Waals surface area (Å²) in [6.45, 7) is 1.90. The zero-order chi connectivity index (χ0) is 14.7. The minimum atomic E-state index is -0.413. The SMILES string of the molecule is CNc1cccc(Nc2ccc(C)c(Cl)c2)c1[N+](=O)[O-]. The van der Waals surface area contributed by atoms with Gasteiger partial charge in [-0.2, -0.15) is 0 Å². The van der Waals surface area contributed by atoms with E-state index in [1.165, 1.54) is 0 Å². The highest BCUT2D eigenvalue weighted by Crippen LogP contribution is 2.35. The molecule has 0 aliphatic rings. The van der Waals surface area contributed by atoms with E-state index in [9.17, 15) is 10.1 Å². The molecule has 0 atom stereocenters. The van der Waals surface area contributed by atoms with E-state index in [2.05, 4.69) is 10.6 Å². The highest BCUT2D eigenvalue weighted by atomic mass is 35.5. The molecule has 20 heavy (non-hydrogen) atoms. The fraction of sp³-hybridized carbons (Fsp3) is 0.143. The minimum absolute atomic E-state index is 0.00620. The Balaban J connectivity index is 2.42. The van der Waals surface area contributed by atoms with Gasteiger partial charge in [0.25, 0.3) is 0 Å². The van der Waals surface area contributed by atoms with Crippen LogP contribution in [0.1, 0.15) is 5.56 Å². The summed E-state index contributed by atoms with van der Waals surface area (Å²) in [7, 11) is 1.65. The van der Waals surface area contributed by atoms with Gasteiger partial charge < -0.3 is 10.6 Å². The number of halogens is 1. The third kappa shape index (κ3) is 2.83. The van der Waals surface area contributed by atoms with Crippen molar-refractivity contribution in [1.82, 2.24) is 0 Å². The first-order valence-electron chi connectivity index (χ1n) is 6.01. The summed E-state index contributed by atoms with van der Waals surface area (Å²) in [4.78, 5) is 10.8. The van der Waals surface area contributed by atoms with Gasteiger partial charge >= 0.3 is 5.69 Å². The van der Waals surface area contributed by atoms with Crippen LogP contribution in [-0.2, 0) is 0 Å². The van der Waals surface area contributed by atoms with Crippen LogP contribution < -0.4 is 10.6 Å². The standard InChI is InChI=1S/C14H14ClN3O2/c1-9-6-7-10(8-11(9)15)17-13-5-3-4-12(16-2)14(13)18(19)20/h3-8,16-17H,1-2H3. The largest absolute Gasteiger partial charge is 0.382 e. The summed E-state index contributed by atoms with van der Waals surface area (Å²) in [5.41, 5.74) is 2.54. The molecule has 0 bridgehead atoms. The predicted molar refractivity (Wildman–Crippen MR) is 82.1 cm³/mol. The zero-order valence-electron chi connectivity index (χ0n) is 11.1. The van der Waals surface area contributed by atoms with Gasteiger partial charge in [-0.15, -0.1) is 0 Å². The van der Waals surface area contributed by atoms with E-state index >= 15 is 0 Å². The first kappa shape index (κ1) is 14.1. The molecule has 0 amide bonds. The number of hydrogen-bond acceptors (Lipinski definition) is 4. The molecule has 2 N–H and O–H groups in total. The van der Waals surface area contributed by atoms with E-state index in [-0.39, 0.29) is 5.69 Å². The van der Waals surface area contributed by atoms with E-state index in [1.807, 2.05) is 19.1 Å². The number of hydrogen-bond donors (Lipinski definition) is 2. The van der Waals surface area contributed by atoms with Gasteiger partial charge in [-0.3, -0.25) is 10.1 Å². The van der Waals surface area contributed by atoms with Crippen molar-refractivity contribution >= 4 is 34.4 Å². The molecule has 5 nitrogen and oxygen atoms in total. The molecule has 6 heteroatoms. The van der Waals surface area contributed by atoms with Crippen molar-refractivity contribution in [1.29, 1.82) is 0 Å². The Bertz CT molecular complexity index is 659. The molecule has 0 saturated heterocycles. The molecule has 0 heterocycles. The number of benzene rings is 2. The van der Waals surface area contributed by atoms with Crippen molar-refractivity contribution in [3.8, 4) is 0 Å². The maximum atomic E-state index is 11.2. The predicted octanol–water partition coefficient (Wildman–Crippen LogP) is 4.34. The van der Waals surface area contributed by atoms with Gasteiger partial charge in [-0.1, -0.05) is 23.7 Å². The monoisotopic (exact) mass is 291 g/mol. The van der Waals surface area contributed by atoms with E-state index in [4.69, 9.17) is 11.6 Å². The number of nitrogens with one attached hydrogen (secondary N) is 2. The molecule has 0 radical (unpaired) electrons. The van der Waals surface area contributed by atoms with Crippen molar-refractivity contribution in [3.05, 3.63) is 57.1 Å². The molecule has 0 saturated carbocycles. The smallest absolute Gasteiger partial charge is 0.315 e. The van der Waals surface area contributed by atoms with Crippen LogP contribution in [0.4, 0.5) is 22.7 Å². The van der Waals surface area contributed by atoms with Crippen molar-refractivity contribution in [2.75, 3.05) is 17.7 Å². The van der Waals surface area contributed by atoms with Gasteiger partial charge in [0, 0.05) is 17.8 Å². The van der Waals surface area contributed by atoms with Gasteiger partial charge in [-0.05, 0) is 36.8 Å². The molecular formula is C14H14ClN3O2. The number of nitrogens with zero attached hydrogens (tertiary/aromatic N) is 1. The zero-order valence-corrected chi connectivity index (χ0v) is 11.9. The summed E-state index contributed by atoms with van der Waals surface area (Å²) in [5.74, 6) is 0. The van der Waals surface area contributed by atoms with Crippen LogP contribution in [0.15, 0.2) is 36.4 Å². The molecule has 2 aromatic carbocycles. The lowest BCUT2D eigenvalue weighted by molar-refractivity contribution is -0.383. The maximum absolute atomic E-state index is 11.2. The summed E-state index contributed by atoms with van der Waals surface area (Å²) in [6, 6.07) is 10.5. The van der Waals surface area contributed by atoms with Crippen LogP contribution in [0.3, 0.4) is 0 Å². The fourth-order valence-corrected chi connectivity index (χ4v) is 2.05. The van der Waals surface area contributed by atoms with E-state index in [1.54, 1.807) is 31.3 Å². The van der Waals surface area contributed by atoms with E-state index in [0.717, 1.165) is 5.56 Å². The number of nitro benzene ring substituents is 1. The minimum Gasteiger partial charge on any atom is -0.382 e. The summed E-state index contributed by atoms with van der Waals surface area (Å²) < 4.78 is 0. The fourth-order valence-electron chi connectivity index (χ4n) is 1.87. The Morgan fingerprint density at radius 2 is 1.90 bits per heavy atom. The van der Waals surface area contributed by atoms with Crippen molar-refractivity contribution in [2.24, 2.45) is 0 Å². The third-order valence-electron chi connectivity index (χ3n) is 2.94. The summed E-state index contributed by atoms with van der Waals surface area (Å²) in [6.07, 6.45) is 0. The summed E-state index contributed by atoms with van der Waals surface area (Å²) >= 11 is 6.05. The molecule has 0 spiro atoms. The lowest BCUT2D eigenvalue weighted by Gasteiger charge is -2.10. The van der Waals surface area contributed by atoms with Crippen molar-refractivity contribution in [2.45, 2.75) is 6.92 Å². The highest BCUT2D eigenvalue weighted by molar-refractivity contribution is 6.31. The lowest BCUT2D eigenvalue weighted by Crippen LogP contribution is -2.01. The lowest BCUT2D eigenvalue weighted by atomic mass is 10.2. The molecule has 0 fully saturated rings. The van der Waals surface area contributed by atoms with Crippen LogP contribution in [-0.4, -0.2) is 12.0 Å². The first-order valence-corrected chi connectivity index (χ1v) is 6.39. The van der Waals surface area contributed by atoms with Gasteiger partial charge in [-0.25, -0.2) is 0 Å². The molecule has 2 rings (SSSR count). The Morgan fingerprint density at radius 1 is 1.20 bits per heavy atom. The summed E-state index contributed by atoms with van der Waals surface area (Å²) in [5, 5.41) is 17.7. The Morgan fingerprint density at radius 3 is 2.50 bits per heavy atom. The molecule has 0 aliphatic carbocycles. The van der Waals surface area contributed by atoms with Gasteiger partial charge in [0.2, 0.25) is 0 Å². The first-order chi connectivity index (χ1) is 9.52. The van der Waals surface area contributed by atoms with Gasteiger partial charge in [0.1, 0.15) is 11.4 Å². The second kappa shape index (κ2) is 5.79.